The van der Waals surface area contributed by atoms with Gasteiger partial charge in [-0.25, -0.2) is 4.79 Å². The molecule has 0 saturated carbocycles. The van der Waals surface area contributed by atoms with Gasteiger partial charge in [0.2, 0.25) is 0 Å². The number of hydrogen-bond acceptors (Lipinski definition) is 1. The molecule has 3 rings (SSSR count). The van der Waals surface area contributed by atoms with Crippen molar-refractivity contribution in [2.45, 2.75) is 5.92 Å². The number of carboxylic acid groups (broad SMARTS) is 1. The lowest BCUT2D eigenvalue weighted by Gasteiger charge is -2.18. The predicted octanol–water partition coefficient (Wildman–Crippen LogP) is 3.59. The van der Waals surface area contributed by atoms with E-state index in [1.54, 1.807) is 6.08 Å². The molecule has 0 amide bonds. The molecule has 0 aliphatic heterocycles. The summed E-state index contributed by atoms with van der Waals surface area (Å²) in [6, 6.07) is 12.4. The molecule has 0 spiro atoms. The summed E-state index contributed by atoms with van der Waals surface area (Å²) < 4.78 is 0. The third-order valence-electron chi connectivity index (χ3n) is 3.26. The minimum atomic E-state index is -0.908. The molecular weight excluding hydrogens is 224 g/mol. The Hall–Kier alpha value is -2.35. The van der Waals surface area contributed by atoms with Gasteiger partial charge in [-0.3, -0.25) is 0 Å². The maximum Gasteiger partial charge on any atom is 0.328 e. The van der Waals surface area contributed by atoms with E-state index in [2.05, 4.69) is 30.3 Å². The average molecular weight is 236 g/mol. The van der Waals surface area contributed by atoms with Crippen molar-refractivity contribution >= 4 is 22.8 Å². The summed E-state index contributed by atoms with van der Waals surface area (Å²) in [6.07, 6.45) is 7.04. The molecule has 2 aromatic rings. The van der Waals surface area contributed by atoms with Crippen molar-refractivity contribution in [3.63, 3.8) is 0 Å². The standard InChI is InChI=1S/C16H12O2/c17-15(18)10-9-11-7-8-13-4-1-3-12-5-2-6-14(11)16(12)13/h1-11H,(H,17,18). The molecule has 18 heavy (non-hydrogen) atoms. The molecule has 2 heteroatoms. The lowest BCUT2D eigenvalue weighted by atomic mass is 9.86. The van der Waals surface area contributed by atoms with Gasteiger partial charge in [0, 0.05) is 12.0 Å². The second kappa shape index (κ2) is 4.15. The summed E-state index contributed by atoms with van der Waals surface area (Å²) in [7, 11) is 0. The Balaban J connectivity index is 2.19. The molecule has 0 radical (unpaired) electrons. The summed E-state index contributed by atoms with van der Waals surface area (Å²) >= 11 is 0. The van der Waals surface area contributed by atoms with Crippen LogP contribution in [0.5, 0.6) is 0 Å². The van der Waals surface area contributed by atoms with E-state index in [1.165, 1.54) is 28.0 Å². The molecule has 0 aromatic heterocycles. The Labute approximate surface area is 105 Å². The molecule has 2 aromatic carbocycles. The van der Waals surface area contributed by atoms with Crippen LogP contribution in [-0.4, -0.2) is 11.1 Å². The SMILES string of the molecule is O=C(O)C=CC1C=Cc2cccc3cccc1c23. The van der Waals surface area contributed by atoms with E-state index in [0.29, 0.717) is 0 Å². The highest BCUT2D eigenvalue weighted by molar-refractivity contribution is 5.96. The van der Waals surface area contributed by atoms with E-state index in [0.717, 1.165) is 0 Å². The highest BCUT2D eigenvalue weighted by Gasteiger charge is 2.14. The number of hydrogen-bond donors (Lipinski definition) is 1. The van der Waals surface area contributed by atoms with Gasteiger partial charge in [0.25, 0.3) is 0 Å². The van der Waals surface area contributed by atoms with Crippen LogP contribution in [0.25, 0.3) is 16.8 Å². The summed E-state index contributed by atoms with van der Waals surface area (Å²) in [5.41, 5.74) is 2.37. The average Bonchev–Trinajstić information content (AvgIpc) is 2.38. The number of carbonyl (C=O) groups is 1. The Kier molecular flexibility index (Phi) is 2.49. The minimum absolute atomic E-state index is 0.0414. The first-order valence-corrected chi connectivity index (χ1v) is 5.87. The van der Waals surface area contributed by atoms with Crippen LogP contribution in [0.15, 0.2) is 54.6 Å². The molecule has 1 aliphatic carbocycles. The first-order chi connectivity index (χ1) is 8.75. The van der Waals surface area contributed by atoms with Gasteiger partial charge in [-0.2, -0.15) is 0 Å². The number of benzene rings is 2. The minimum Gasteiger partial charge on any atom is -0.478 e. The molecule has 1 unspecified atom stereocenters. The van der Waals surface area contributed by atoms with Crippen molar-refractivity contribution in [2.75, 3.05) is 0 Å². The molecular formula is C16H12O2. The zero-order valence-corrected chi connectivity index (χ0v) is 9.71. The second-order valence-electron chi connectivity index (χ2n) is 4.37. The van der Waals surface area contributed by atoms with E-state index >= 15 is 0 Å². The normalized spacial score (nSPS) is 17.4. The fourth-order valence-corrected chi connectivity index (χ4v) is 2.48. The van der Waals surface area contributed by atoms with Crippen molar-refractivity contribution in [1.29, 1.82) is 0 Å². The van der Waals surface area contributed by atoms with Crippen LogP contribution in [0, 0.1) is 0 Å². The summed E-state index contributed by atoms with van der Waals surface area (Å²) in [5, 5.41) is 11.1. The van der Waals surface area contributed by atoms with Crippen LogP contribution in [-0.2, 0) is 4.79 Å². The van der Waals surface area contributed by atoms with Gasteiger partial charge in [-0.05, 0) is 21.9 Å². The van der Waals surface area contributed by atoms with Crippen LogP contribution in [0.3, 0.4) is 0 Å². The predicted molar refractivity (Wildman–Crippen MR) is 72.5 cm³/mol. The fourth-order valence-electron chi connectivity index (χ4n) is 2.48. The van der Waals surface area contributed by atoms with Crippen molar-refractivity contribution < 1.29 is 9.90 Å². The maximum atomic E-state index is 10.6. The van der Waals surface area contributed by atoms with Gasteiger partial charge in [0.15, 0.2) is 0 Å². The second-order valence-corrected chi connectivity index (χ2v) is 4.37. The third-order valence-corrected chi connectivity index (χ3v) is 3.26. The largest absolute Gasteiger partial charge is 0.478 e. The molecule has 0 saturated heterocycles. The Morgan fingerprint density at radius 2 is 1.94 bits per heavy atom. The van der Waals surface area contributed by atoms with E-state index in [-0.39, 0.29) is 5.92 Å². The first-order valence-electron chi connectivity index (χ1n) is 5.87. The van der Waals surface area contributed by atoms with Crippen LogP contribution in [0.2, 0.25) is 0 Å². The molecule has 0 bridgehead atoms. The van der Waals surface area contributed by atoms with E-state index in [9.17, 15) is 4.79 Å². The highest BCUT2D eigenvalue weighted by Crippen LogP contribution is 2.35. The van der Waals surface area contributed by atoms with Crippen LogP contribution < -0.4 is 0 Å². The Bertz CT molecular complexity index is 675. The van der Waals surface area contributed by atoms with Gasteiger partial charge in [-0.15, -0.1) is 0 Å². The Morgan fingerprint density at radius 1 is 1.17 bits per heavy atom. The quantitative estimate of drug-likeness (QED) is 0.809. The summed E-state index contributed by atoms with van der Waals surface area (Å²) in [6.45, 7) is 0. The Morgan fingerprint density at radius 3 is 2.72 bits per heavy atom. The highest BCUT2D eigenvalue weighted by atomic mass is 16.4. The van der Waals surface area contributed by atoms with Crippen LogP contribution in [0.1, 0.15) is 17.0 Å². The molecule has 88 valence electrons. The molecule has 1 N–H and O–H groups in total. The van der Waals surface area contributed by atoms with Gasteiger partial charge >= 0.3 is 5.97 Å². The first kappa shape index (κ1) is 10.8. The zero-order valence-electron chi connectivity index (χ0n) is 9.71. The van der Waals surface area contributed by atoms with E-state index < -0.39 is 5.97 Å². The molecule has 1 aliphatic rings. The number of allylic oxidation sites excluding steroid dienone is 2. The van der Waals surface area contributed by atoms with Gasteiger partial charge < -0.3 is 5.11 Å². The van der Waals surface area contributed by atoms with Gasteiger partial charge in [0.1, 0.15) is 0 Å². The van der Waals surface area contributed by atoms with Crippen LogP contribution in [0.4, 0.5) is 0 Å². The topological polar surface area (TPSA) is 37.3 Å². The summed E-state index contributed by atoms with van der Waals surface area (Å²) in [5.74, 6) is -0.867. The van der Waals surface area contributed by atoms with Crippen molar-refractivity contribution in [3.8, 4) is 0 Å². The monoisotopic (exact) mass is 236 g/mol. The number of aliphatic carboxylic acids is 1. The van der Waals surface area contributed by atoms with E-state index in [4.69, 9.17) is 5.11 Å². The van der Waals surface area contributed by atoms with Crippen molar-refractivity contribution in [1.82, 2.24) is 0 Å². The smallest absolute Gasteiger partial charge is 0.328 e. The van der Waals surface area contributed by atoms with Crippen LogP contribution >= 0.6 is 0 Å². The number of carboxylic acids is 1. The molecule has 0 heterocycles. The molecule has 0 fully saturated rings. The van der Waals surface area contributed by atoms with Gasteiger partial charge in [-0.1, -0.05) is 54.6 Å². The lowest BCUT2D eigenvalue weighted by Crippen LogP contribution is -1.99. The zero-order chi connectivity index (χ0) is 12.5. The van der Waals surface area contributed by atoms with Gasteiger partial charge in [0.05, 0.1) is 0 Å². The number of rotatable bonds is 2. The fraction of sp³-hybridized carbons (Fsp3) is 0.0625. The van der Waals surface area contributed by atoms with E-state index in [1.807, 2.05) is 18.2 Å². The lowest BCUT2D eigenvalue weighted by molar-refractivity contribution is -0.131. The maximum absolute atomic E-state index is 10.6. The third kappa shape index (κ3) is 1.72. The summed E-state index contributed by atoms with van der Waals surface area (Å²) in [4.78, 5) is 10.6. The van der Waals surface area contributed by atoms with Crippen molar-refractivity contribution in [3.05, 3.63) is 65.8 Å². The molecule has 1 atom stereocenters. The van der Waals surface area contributed by atoms with Crippen molar-refractivity contribution in [2.24, 2.45) is 0 Å². The molecule has 2 nitrogen and oxygen atoms in total.